The third-order valence-corrected chi connectivity index (χ3v) is 3.14. The molecule has 0 aliphatic rings. The first kappa shape index (κ1) is 20.2. The lowest BCUT2D eigenvalue weighted by Crippen LogP contribution is -2.37. The van der Waals surface area contributed by atoms with Crippen molar-refractivity contribution in [3.63, 3.8) is 0 Å². The number of benzene rings is 1. The average molecular weight is 335 g/mol. The van der Waals surface area contributed by atoms with Gasteiger partial charge in [0.05, 0.1) is 0 Å². The van der Waals surface area contributed by atoms with Crippen molar-refractivity contribution in [2.45, 2.75) is 52.7 Å². The number of hydrogen-bond donors (Lipinski definition) is 0. The van der Waals surface area contributed by atoms with E-state index < -0.39 is 11.7 Å². The Kier molecular flexibility index (Phi) is 8.47. The second-order valence-corrected chi connectivity index (χ2v) is 6.73. The van der Waals surface area contributed by atoms with E-state index in [1.54, 1.807) is 4.90 Å². The van der Waals surface area contributed by atoms with E-state index in [-0.39, 0.29) is 18.8 Å². The van der Waals surface area contributed by atoms with E-state index in [2.05, 4.69) is 0 Å². The second-order valence-electron chi connectivity index (χ2n) is 6.73. The van der Waals surface area contributed by atoms with Crippen LogP contribution in [0, 0.1) is 0 Å². The van der Waals surface area contributed by atoms with Crippen LogP contribution in [0.2, 0.25) is 0 Å². The summed E-state index contributed by atoms with van der Waals surface area (Å²) in [6.45, 7) is 8.89. The van der Waals surface area contributed by atoms with Crippen LogP contribution in [0.5, 0.6) is 0 Å². The molecule has 0 saturated carbocycles. The Morgan fingerprint density at radius 1 is 1.12 bits per heavy atom. The number of nitrogens with zero attached hydrogens (tertiary/aromatic N) is 1. The number of ether oxygens (including phenoxy) is 2. The van der Waals surface area contributed by atoms with Gasteiger partial charge in [-0.25, -0.2) is 4.79 Å². The summed E-state index contributed by atoms with van der Waals surface area (Å²) in [7, 11) is 0. The van der Waals surface area contributed by atoms with Crippen molar-refractivity contribution in [1.29, 1.82) is 0 Å². The molecule has 5 heteroatoms. The fourth-order valence-corrected chi connectivity index (χ4v) is 2.03. The summed E-state index contributed by atoms with van der Waals surface area (Å²) in [5.74, 6) is -0.00919. The van der Waals surface area contributed by atoms with Gasteiger partial charge < -0.3 is 14.4 Å². The zero-order valence-electron chi connectivity index (χ0n) is 15.2. The molecule has 134 valence electrons. The SMILES string of the molecule is CCCOCC(=O)CCN(Cc1ccccc1)C(=O)OC(C)(C)C. The fourth-order valence-electron chi connectivity index (χ4n) is 2.03. The molecule has 0 radical (unpaired) electrons. The lowest BCUT2D eigenvalue weighted by Gasteiger charge is -2.27. The molecule has 0 heterocycles. The molecule has 1 rings (SSSR count). The van der Waals surface area contributed by atoms with E-state index in [4.69, 9.17) is 9.47 Å². The van der Waals surface area contributed by atoms with Crippen LogP contribution in [0.25, 0.3) is 0 Å². The number of Topliss-reactive ketones (excluding diaryl/α,β-unsaturated/α-hetero) is 1. The quantitative estimate of drug-likeness (QED) is 0.644. The molecule has 0 N–H and O–H groups in total. The summed E-state index contributed by atoms with van der Waals surface area (Å²) in [4.78, 5) is 25.8. The summed E-state index contributed by atoms with van der Waals surface area (Å²) in [6.07, 6.45) is 0.731. The van der Waals surface area contributed by atoms with Gasteiger partial charge >= 0.3 is 6.09 Å². The third kappa shape index (κ3) is 8.67. The van der Waals surface area contributed by atoms with Crippen LogP contribution in [0.3, 0.4) is 0 Å². The molecule has 0 fully saturated rings. The predicted molar refractivity (Wildman–Crippen MR) is 93.8 cm³/mol. The Morgan fingerprint density at radius 3 is 2.38 bits per heavy atom. The zero-order valence-corrected chi connectivity index (χ0v) is 15.2. The number of rotatable bonds is 9. The molecule has 0 aromatic heterocycles. The Morgan fingerprint density at radius 2 is 1.79 bits per heavy atom. The van der Waals surface area contributed by atoms with Crippen molar-refractivity contribution in [2.75, 3.05) is 19.8 Å². The van der Waals surface area contributed by atoms with Crippen LogP contribution < -0.4 is 0 Å². The lowest BCUT2D eigenvalue weighted by molar-refractivity contribution is -0.123. The van der Waals surface area contributed by atoms with Crippen LogP contribution in [-0.4, -0.2) is 42.1 Å². The minimum Gasteiger partial charge on any atom is -0.444 e. The van der Waals surface area contributed by atoms with Crippen LogP contribution in [-0.2, 0) is 20.8 Å². The molecule has 1 aromatic rings. The van der Waals surface area contributed by atoms with Crippen LogP contribution in [0.1, 0.15) is 46.1 Å². The maximum atomic E-state index is 12.4. The number of ketones is 1. The van der Waals surface area contributed by atoms with Crippen LogP contribution >= 0.6 is 0 Å². The number of carbonyl (C=O) groups is 2. The number of amides is 1. The summed E-state index contributed by atoms with van der Waals surface area (Å²) < 4.78 is 10.7. The van der Waals surface area contributed by atoms with Crippen molar-refractivity contribution in [3.8, 4) is 0 Å². The van der Waals surface area contributed by atoms with Gasteiger partial charge in [0.15, 0.2) is 5.78 Å². The van der Waals surface area contributed by atoms with Gasteiger partial charge in [0.1, 0.15) is 12.2 Å². The van der Waals surface area contributed by atoms with E-state index in [1.807, 2.05) is 58.0 Å². The average Bonchev–Trinajstić information content (AvgIpc) is 2.51. The maximum Gasteiger partial charge on any atom is 0.410 e. The minimum absolute atomic E-state index is 0.00919. The number of carbonyl (C=O) groups excluding carboxylic acids is 2. The molecule has 0 unspecified atom stereocenters. The highest BCUT2D eigenvalue weighted by atomic mass is 16.6. The highest BCUT2D eigenvalue weighted by Gasteiger charge is 2.22. The molecule has 0 saturated heterocycles. The van der Waals surface area contributed by atoms with Crippen molar-refractivity contribution in [1.82, 2.24) is 4.90 Å². The van der Waals surface area contributed by atoms with E-state index >= 15 is 0 Å². The van der Waals surface area contributed by atoms with Gasteiger partial charge in [-0.2, -0.15) is 0 Å². The first-order chi connectivity index (χ1) is 11.3. The van der Waals surface area contributed by atoms with Gasteiger partial charge in [-0.1, -0.05) is 37.3 Å². The van der Waals surface area contributed by atoms with Gasteiger partial charge in [0.25, 0.3) is 0 Å². The molecule has 24 heavy (non-hydrogen) atoms. The Labute approximate surface area is 144 Å². The second kappa shape index (κ2) is 10.1. The summed E-state index contributed by atoms with van der Waals surface area (Å²) in [5, 5.41) is 0. The van der Waals surface area contributed by atoms with Crippen molar-refractivity contribution in [3.05, 3.63) is 35.9 Å². The molecular weight excluding hydrogens is 306 g/mol. The molecule has 0 bridgehead atoms. The van der Waals surface area contributed by atoms with Gasteiger partial charge in [-0.05, 0) is 32.8 Å². The predicted octanol–water partition coefficient (Wildman–Crippen LogP) is 3.81. The topological polar surface area (TPSA) is 55.8 Å². The molecule has 1 aromatic carbocycles. The largest absolute Gasteiger partial charge is 0.444 e. The van der Waals surface area contributed by atoms with Gasteiger partial charge in [-0.3, -0.25) is 4.79 Å². The van der Waals surface area contributed by atoms with E-state index in [1.165, 1.54) is 0 Å². The van der Waals surface area contributed by atoms with Gasteiger partial charge in [0.2, 0.25) is 0 Å². The molecule has 0 aliphatic carbocycles. The van der Waals surface area contributed by atoms with Crippen molar-refractivity contribution >= 4 is 11.9 Å². The highest BCUT2D eigenvalue weighted by molar-refractivity contribution is 5.80. The van der Waals surface area contributed by atoms with Gasteiger partial charge in [0, 0.05) is 26.1 Å². The molecule has 0 spiro atoms. The zero-order chi connectivity index (χ0) is 18.0. The first-order valence-corrected chi connectivity index (χ1v) is 8.43. The Hall–Kier alpha value is -1.88. The summed E-state index contributed by atoms with van der Waals surface area (Å²) in [6, 6.07) is 9.67. The van der Waals surface area contributed by atoms with E-state index in [9.17, 15) is 9.59 Å². The third-order valence-electron chi connectivity index (χ3n) is 3.14. The Balaban J connectivity index is 2.63. The molecule has 0 aliphatic heterocycles. The van der Waals surface area contributed by atoms with Crippen molar-refractivity contribution < 1.29 is 19.1 Å². The van der Waals surface area contributed by atoms with Crippen LogP contribution in [0.15, 0.2) is 30.3 Å². The highest BCUT2D eigenvalue weighted by Crippen LogP contribution is 2.13. The molecule has 0 atom stereocenters. The number of hydrogen-bond acceptors (Lipinski definition) is 4. The maximum absolute atomic E-state index is 12.4. The fraction of sp³-hybridized carbons (Fsp3) is 0.579. The standard InChI is InChI=1S/C19H29NO4/c1-5-13-23-15-17(21)11-12-20(18(22)24-19(2,3)4)14-16-9-7-6-8-10-16/h6-10H,5,11-15H2,1-4H3. The first-order valence-electron chi connectivity index (χ1n) is 8.43. The minimum atomic E-state index is -0.569. The lowest BCUT2D eigenvalue weighted by atomic mass is 10.2. The summed E-state index contributed by atoms with van der Waals surface area (Å²) in [5.41, 5.74) is 0.429. The van der Waals surface area contributed by atoms with Crippen LogP contribution in [0.4, 0.5) is 4.79 Å². The Bertz CT molecular complexity index is 508. The van der Waals surface area contributed by atoms with E-state index in [0.717, 1.165) is 12.0 Å². The molecular formula is C19H29NO4. The smallest absolute Gasteiger partial charge is 0.410 e. The van der Waals surface area contributed by atoms with Crippen molar-refractivity contribution in [2.24, 2.45) is 0 Å². The monoisotopic (exact) mass is 335 g/mol. The normalized spacial score (nSPS) is 11.2. The van der Waals surface area contributed by atoms with E-state index in [0.29, 0.717) is 19.7 Å². The summed E-state index contributed by atoms with van der Waals surface area (Å²) >= 11 is 0. The van der Waals surface area contributed by atoms with Gasteiger partial charge in [-0.15, -0.1) is 0 Å². The molecule has 1 amide bonds. The molecule has 5 nitrogen and oxygen atoms in total.